The molecule has 18 heavy (non-hydrogen) atoms. The fourth-order valence-corrected chi connectivity index (χ4v) is 1.74. The molecule has 0 saturated heterocycles. The molecule has 100 valence electrons. The quantitative estimate of drug-likeness (QED) is 0.779. The smallest absolute Gasteiger partial charge is 0.319 e. The second-order valence-electron chi connectivity index (χ2n) is 3.90. The SMILES string of the molecule is CCCC(O)CNC(=O)Nc1cc(Cl)ccc1Cl. The van der Waals surface area contributed by atoms with Crippen molar-refractivity contribution < 1.29 is 9.90 Å². The predicted octanol–water partition coefficient (Wildman–Crippen LogP) is 3.28. The molecule has 1 aromatic rings. The molecular formula is C12H16Cl2N2O2. The summed E-state index contributed by atoms with van der Waals surface area (Å²) in [5.41, 5.74) is 0.437. The van der Waals surface area contributed by atoms with Crippen LogP contribution in [0.3, 0.4) is 0 Å². The van der Waals surface area contributed by atoms with Crippen LogP contribution in [-0.4, -0.2) is 23.8 Å². The first-order valence-corrected chi connectivity index (χ1v) is 6.46. The molecule has 0 aliphatic heterocycles. The van der Waals surface area contributed by atoms with E-state index in [4.69, 9.17) is 23.2 Å². The van der Waals surface area contributed by atoms with Crippen molar-refractivity contribution in [2.24, 2.45) is 0 Å². The third-order valence-electron chi connectivity index (χ3n) is 2.30. The van der Waals surface area contributed by atoms with Crippen LogP contribution in [0.4, 0.5) is 10.5 Å². The average Bonchev–Trinajstić information content (AvgIpc) is 2.32. The van der Waals surface area contributed by atoms with E-state index in [1.807, 2.05) is 6.92 Å². The summed E-state index contributed by atoms with van der Waals surface area (Å²) in [6.45, 7) is 2.17. The van der Waals surface area contributed by atoms with E-state index in [9.17, 15) is 9.90 Å². The number of urea groups is 1. The highest BCUT2D eigenvalue weighted by Crippen LogP contribution is 2.25. The third kappa shape index (κ3) is 5.12. The highest BCUT2D eigenvalue weighted by Gasteiger charge is 2.08. The molecule has 0 aliphatic carbocycles. The van der Waals surface area contributed by atoms with Gasteiger partial charge in [0.15, 0.2) is 0 Å². The van der Waals surface area contributed by atoms with Crippen molar-refractivity contribution in [1.82, 2.24) is 5.32 Å². The number of aliphatic hydroxyl groups excluding tert-OH is 1. The summed E-state index contributed by atoms with van der Waals surface area (Å²) in [4.78, 5) is 11.5. The molecule has 0 aromatic heterocycles. The lowest BCUT2D eigenvalue weighted by atomic mass is 10.2. The maximum Gasteiger partial charge on any atom is 0.319 e. The van der Waals surface area contributed by atoms with Crippen molar-refractivity contribution >= 4 is 34.9 Å². The fraction of sp³-hybridized carbons (Fsp3) is 0.417. The van der Waals surface area contributed by atoms with Crippen molar-refractivity contribution in [3.63, 3.8) is 0 Å². The minimum absolute atomic E-state index is 0.206. The summed E-state index contributed by atoms with van der Waals surface area (Å²) >= 11 is 11.7. The Morgan fingerprint density at radius 3 is 2.83 bits per heavy atom. The van der Waals surface area contributed by atoms with Gasteiger partial charge in [0, 0.05) is 11.6 Å². The standard InChI is InChI=1S/C12H16Cl2N2O2/c1-2-3-9(17)7-15-12(18)16-11-6-8(13)4-5-10(11)14/h4-6,9,17H,2-3,7H2,1H3,(H2,15,16,18). The molecule has 6 heteroatoms. The van der Waals surface area contributed by atoms with Crippen LogP contribution in [0.15, 0.2) is 18.2 Å². The van der Waals surface area contributed by atoms with E-state index in [1.165, 1.54) is 0 Å². The van der Waals surface area contributed by atoms with E-state index in [0.29, 0.717) is 22.2 Å². The van der Waals surface area contributed by atoms with Crippen LogP contribution >= 0.6 is 23.2 Å². The Balaban J connectivity index is 2.47. The second-order valence-corrected chi connectivity index (χ2v) is 4.75. The first-order valence-electron chi connectivity index (χ1n) is 5.71. The molecule has 0 heterocycles. The van der Waals surface area contributed by atoms with Crippen LogP contribution in [0.1, 0.15) is 19.8 Å². The molecule has 1 unspecified atom stereocenters. The van der Waals surface area contributed by atoms with Crippen LogP contribution in [0.25, 0.3) is 0 Å². The number of anilines is 1. The molecular weight excluding hydrogens is 275 g/mol. The number of benzene rings is 1. The van der Waals surface area contributed by atoms with Gasteiger partial charge in [-0.3, -0.25) is 0 Å². The van der Waals surface area contributed by atoms with Crippen LogP contribution in [0.5, 0.6) is 0 Å². The molecule has 0 fully saturated rings. The van der Waals surface area contributed by atoms with Gasteiger partial charge in [-0.25, -0.2) is 4.79 Å². The molecule has 2 amide bonds. The van der Waals surface area contributed by atoms with Gasteiger partial charge in [-0.2, -0.15) is 0 Å². The molecule has 0 aliphatic rings. The van der Waals surface area contributed by atoms with Crippen LogP contribution in [0.2, 0.25) is 10.0 Å². The number of aliphatic hydroxyl groups is 1. The minimum atomic E-state index is -0.532. The number of carbonyl (C=O) groups excluding carboxylic acids is 1. The minimum Gasteiger partial charge on any atom is -0.391 e. The van der Waals surface area contributed by atoms with Gasteiger partial charge in [-0.15, -0.1) is 0 Å². The van der Waals surface area contributed by atoms with E-state index in [1.54, 1.807) is 18.2 Å². The highest BCUT2D eigenvalue weighted by atomic mass is 35.5. The average molecular weight is 291 g/mol. The van der Waals surface area contributed by atoms with Crippen LogP contribution in [-0.2, 0) is 0 Å². The van der Waals surface area contributed by atoms with Gasteiger partial charge in [-0.1, -0.05) is 36.5 Å². The number of halogens is 2. The Kier molecular flexibility index (Phi) is 6.25. The molecule has 0 radical (unpaired) electrons. The van der Waals surface area contributed by atoms with E-state index in [2.05, 4.69) is 10.6 Å². The lowest BCUT2D eigenvalue weighted by Crippen LogP contribution is -2.35. The Morgan fingerprint density at radius 2 is 2.17 bits per heavy atom. The fourth-order valence-electron chi connectivity index (χ4n) is 1.41. The maximum absolute atomic E-state index is 11.5. The Labute approximate surface area is 116 Å². The number of hydrogen-bond acceptors (Lipinski definition) is 2. The normalized spacial score (nSPS) is 12.0. The number of rotatable bonds is 5. The maximum atomic E-state index is 11.5. The summed E-state index contributed by atoms with van der Waals surface area (Å²) in [6.07, 6.45) is 0.985. The Hall–Kier alpha value is -0.970. The summed E-state index contributed by atoms with van der Waals surface area (Å²) in [5, 5.41) is 15.5. The van der Waals surface area contributed by atoms with Crippen LogP contribution < -0.4 is 10.6 Å². The van der Waals surface area contributed by atoms with E-state index < -0.39 is 12.1 Å². The van der Waals surface area contributed by atoms with Gasteiger partial charge in [0.25, 0.3) is 0 Å². The topological polar surface area (TPSA) is 61.4 Å². The lowest BCUT2D eigenvalue weighted by Gasteiger charge is -2.12. The van der Waals surface area contributed by atoms with Crippen LogP contribution in [0, 0.1) is 0 Å². The highest BCUT2D eigenvalue weighted by molar-refractivity contribution is 6.35. The van der Waals surface area contributed by atoms with Gasteiger partial charge in [0.05, 0.1) is 16.8 Å². The summed E-state index contributed by atoms with van der Waals surface area (Å²) < 4.78 is 0. The van der Waals surface area contributed by atoms with E-state index in [0.717, 1.165) is 6.42 Å². The lowest BCUT2D eigenvalue weighted by molar-refractivity contribution is 0.162. The summed E-state index contributed by atoms with van der Waals surface area (Å²) in [7, 11) is 0. The van der Waals surface area contributed by atoms with Gasteiger partial charge in [0.1, 0.15) is 0 Å². The van der Waals surface area contributed by atoms with E-state index in [-0.39, 0.29) is 6.54 Å². The van der Waals surface area contributed by atoms with Gasteiger partial charge >= 0.3 is 6.03 Å². The first kappa shape index (κ1) is 15.1. The molecule has 0 saturated carbocycles. The number of amides is 2. The zero-order valence-corrected chi connectivity index (χ0v) is 11.6. The zero-order chi connectivity index (χ0) is 13.5. The number of hydrogen-bond donors (Lipinski definition) is 3. The third-order valence-corrected chi connectivity index (χ3v) is 2.86. The largest absolute Gasteiger partial charge is 0.391 e. The predicted molar refractivity (Wildman–Crippen MR) is 74.4 cm³/mol. The summed E-state index contributed by atoms with van der Waals surface area (Å²) in [5.74, 6) is 0. The van der Waals surface area contributed by atoms with Crippen molar-refractivity contribution in [2.45, 2.75) is 25.9 Å². The van der Waals surface area contributed by atoms with Crippen molar-refractivity contribution in [2.75, 3.05) is 11.9 Å². The molecule has 4 nitrogen and oxygen atoms in total. The van der Waals surface area contributed by atoms with Gasteiger partial charge in [0.2, 0.25) is 0 Å². The number of nitrogens with one attached hydrogen (secondary N) is 2. The molecule has 1 aromatic carbocycles. The van der Waals surface area contributed by atoms with Gasteiger partial charge in [-0.05, 0) is 24.6 Å². The second kappa shape index (κ2) is 7.46. The van der Waals surface area contributed by atoms with Gasteiger partial charge < -0.3 is 15.7 Å². The molecule has 0 spiro atoms. The Morgan fingerprint density at radius 1 is 1.44 bits per heavy atom. The zero-order valence-electron chi connectivity index (χ0n) is 10.0. The van der Waals surface area contributed by atoms with Crippen molar-refractivity contribution in [1.29, 1.82) is 0 Å². The molecule has 0 bridgehead atoms. The first-order chi connectivity index (χ1) is 8.52. The van der Waals surface area contributed by atoms with E-state index >= 15 is 0 Å². The molecule has 3 N–H and O–H groups in total. The number of carbonyl (C=O) groups is 1. The Bertz CT molecular complexity index is 413. The molecule has 1 rings (SSSR count). The molecule has 1 atom stereocenters. The monoisotopic (exact) mass is 290 g/mol. The summed E-state index contributed by atoms with van der Waals surface area (Å²) in [6, 6.07) is 4.38. The van der Waals surface area contributed by atoms with Crippen molar-refractivity contribution in [3.05, 3.63) is 28.2 Å². The van der Waals surface area contributed by atoms with Crippen molar-refractivity contribution in [3.8, 4) is 0 Å².